The molecule has 0 radical (unpaired) electrons. The number of carbonyl (C=O) groups is 1. The van der Waals surface area contributed by atoms with Gasteiger partial charge in [0.15, 0.2) is 4.96 Å². The molecule has 1 fully saturated rings. The fourth-order valence-electron chi connectivity index (χ4n) is 2.86. The Hall–Kier alpha value is -1.77. The quantitative estimate of drug-likeness (QED) is 0.842. The molecule has 118 valence electrons. The summed E-state index contributed by atoms with van der Waals surface area (Å²) in [4.78, 5) is 30.9. The van der Waals surface area contributed by atoms with E-state index in [1.54, 1.807) is 6.20 Å². The van der Waals surface area contributed by atoms with Crippen molar-refractivity contribution in [1.29, 1.82) is 0 Å². The Kier molecular flexibility index (Phi) is 3.98. The monoisotopic (exact) mass is 323 g/mol. The van der Waals surface area contributed by atoms with Crippen molar-refractivity contribution in [2.75, 3.05) is 13.1 Å². The van der Waals surface area contributed by atoms with Gasteiger partial charge in [0.1, 0.15) is 0 Å². The number of hydrogen-bond acceptors (Lipinski definition) is 6. The van der Waals surface area contributed by atoms with Crippen LogP contribution in [0.15, 0.2) is 17.1 Å². The van der Waals surface area contributed by atoms with Gasteiger partial charge in [0.05, 0.1) is 18.2 Å². The van der Waals surface area contributed by atoms with Gasteiger partial charge in [0.25, 0.3) is 5.56 Å². The maximum absolute atomic E-state index is 12.0. The fraction of sp³-hybridized carbons (Fsp3) is 0.500. The van der Waals surface area contributed by atoms with Crippen LogP contribution in [0.1, 0.15) is 17.0 Å². The Labute approximate surface area is 130 Å². The molecule has 0 bridgehead atoms. The highest BCUT2D eigenvalue weighted by Crippen LogP contribution is 2.22. The molecule has 3 rings (SSSR count). The van der Waals surface area contributed by atoms with Gasteiger partial charge in [-0.1, -0.05) is 0 Å². The molecule has 7 nitrogen and oxygen atoms in total. The smallest absolute Gasteiger partial charge is 0.303 e. The highest BCUT2D eigenvalue weighted by atomic mass is 32.1. The van der Waals surface area contributed by atoms with E-state index in [1.807, 2.05) is 11.8 Å². The van der Waals surface area contributed by atoms with Gasteiger partial charge >= 0.3 is 5.97 Å². The molecule has 2 N–H and O–H groups in total. The molecule has 0 aromatic carbocycles. The van der Waals surface area contributed by atoms with Gasteiger partial charge in [-0.3, -0.25) is 18.9 Å². The summed E-state index contributed by atoms with van der Waals surface area (Å²) in [7, 11) is 0. The fourth-order valence-corrected chi connectivity index (χ4v) is 3.71. The van der Waals surface area contributed by atoms with Crippen molar-refractivity contribution in [2.24, 2.45) is 5.92 Å². The number of β-amino-alcohol motifs (C(OH)–C–C–N with tert-alkyl or cyclic N) is 1. The van der Waals surface area contributed by atoms with E-state index in [0.717, 1.165) is 4.88 Å². The van der Waals surface area contributed by atoms with Gasteiger partial charge < -0.3 is 10.2 Å². The summed E-state index contributed by atoms with van der Waals surface area (Å²) in [5.41, 5.74) is 0.529. The van der Waals surface area contributed by atoms with Crippen LogP contribution in [-0.4, -0.2) is 49.7 Å². The van der Waals surface area contributed by atoms with Crippen molar-refractivity contribution < 1.29 is 15.0 Å². The van der Waals surface area contributed by atoms with Crippen LogP contribution in [0.2, 0.25) is 0 Å². The van der Waals surface area contributed by atoms with Gasteiger partial charge in [-0.2, -0.15) is 0 Å². The molecule has 3 heterocycles. The molecule has 0 saturated carbocycles. The average molecular weight is 323 g/mol. The second kappa shape index (κ2) is 5.79. The first-order valence-corrected chi connectivity index (χ1v) is 7.85. The second-order valence-corrected chi connectivity index (χ2v) is 6.91. The van der Waals surface area contributed by atoms with E-state index in [2.05, 4.69) is 4.98 Å². The number of aryl methyl sites for hydroxylation is 1. The number of aromatic nitrogens is 2. The predicted octanol–water partition coefficient (Wildman–Crippen LogP) is 0.332. The first kappa shape index (κ1) is 15.1. The minimum atomic E-state index is -0.905. The first-order valence-electron chi connectivity index (χ1n) is 7.03. The van der Waals surface area contributed by atoms with Crippen LogP contribution in [0, 0.1) is 12.8 Å². The molecule has 2 aromatic heterocycles. The van der Waals surface area contributed by atoms with E-state index >= 15 is 0 Å². The van der Waals surface area contributed by atoms with Crippen molar-refractivity contribution in [2.45, 2.75) is 26.0 Å². The van der Waals surface area contributed by atoms with Crippen LogP contribution in [-0.2, 0) is 11.3 Å². The number of carboxylic acids is 1. The molecule has 2 atom stereocenters. The number of hydrogen-bond donors (Lipinski definition) is 2. The van der Waals surface area contributed by atoms with Crippen molar-refractivity contribution >= 4 is 22.3 Å². The Balaban J connectivity index is 1.76. The number of thiazole rings is 1. The molecule has 0 unspecified atom stereocenters. The molecule has 0 amide bonds. The normalized spacial score (nSPS) is 22.5. The Bertz CT molecular complexity index is 769. The number of aliphatic hydroxyl groups is 1. The number of aliphatic hydroxyl groups excluding tert-OH is 1. The summed E-state index contributed by atoms with van der Waals surface area (Å²) >= 11 is 1.45. The van der Waals surface area contributed by atoms with Crippen molar-refractivity contribution in [3.05, 3.63) is 33.2 Å². The third-order valence-corrected chi connectivity index (χ3v) is 4.74. The molecule has 0 spiro atoms. The first-order chi connectivity index (χ1) is 10.4. The third-order valence-electron chi connectivity index (χ3n) is 3.84. The van der Waals surface area contributed by atoms with Gasteiger partial charge in [0, 0.05) is 42.7 Å². The summed E-state index contributed by atoms with van der Waals surface area (Å²) in [6, 6.07) is 1.50. The highest BCUT2D eigenvalue weighted by molar-refractivity contribution is 7.16. The number of carboxylic acid groups (broad SMARTS) is 1. The maximum Gasteiger partial charge on any atom is 0.303 e. The number of likely N-dealkylation sites (tertiary alicyclic amines) is 1. The highest BCUT2D eigenvalue weighted by Gasteiger charge is 2.32. The number of nitrogens with zero attached hydrogens (tertiary/aromatic N) is 3. The van der Waals surface area contributed by atoms with E-state index < -0.39 is 12.1 Å². The topological polar surface area (TPSA) is 95.1 Å². The molecule has 22 heavy (non-hydrogen) atoms. The van der Waals surface area contributed by atoms with E-state index in [-0.39, 0.29) is 17.9 Å². The van der Waals surface area contributed by atoms with E-state index in [0.29, 0.717) is 30.3 Å². The second-order valence-electron chi connectivity index (χ2n) is 5.70. The van der Waals surface area contributed by atoms with E-state index in [4.69, 9.17) is 5.11 Å². The molecule has 1 aliphatic rings. The van der Waals surface area contributed by atoms with Gasteiger partial charge in [-0.25, -0.2) is 4.98 Å². The molecule has 1 saturated heterocycles. The van der Waals surface area contributed by atoms with E-state index in [1.165, 1.54) is 21.8 Å². The van der Waals surface area contributed by atoms with Crippen molar-refractivity contribution in [3.8, 4) is 0 Å². The molecular weight excluding hydrogens is 306 g/mol. The minimum absolute atomic E-state index is 0.0447. The number of aliphatic carboxylic acids is 1. The summed E-state index contributed by atoms with van der Waals surface area (Å²) in [6.45, 7) is 3.27. The average Bonchev–Trinajstić information content (AvgIpc) is 2.92. The van der Waals surface area contributed by atoms with Crippen LogP contribution < -0.4 is 5.56 Å². The van der Waals surface area contributed by atoms with Gasteiger partial charge in [-0.05, 0) is 6.92 Å². The Morgan fingerprint density at radius 2 is 2.27 bits per heavy atom. The summed E-state index contributed by atoms with van der Waals surface area (Å²) < 4.78 is 1.52. The molecule has 2 aromatic rings. The number of fused-ring (bicyclic) bond motifs is 1. The lowest BCUT2D eigenvalue weighted by Gasteiger charge is -2.14. The lowest BCUT2D eigenvalue weighted by atomic mass is 10.0. The minimum Gasteiger partial charge on any atom is -0.481 e. The zero-order valence-corrected chi connectivity index (χ0v) is 12.9. The third kappa shape index (κ3) is 3.03. The summed E-state index contributed by atoms with van der Waals surface area (Å²) in [6.07, 6.45) is 1.07. The lowest BCUT2D eigenvalue weighted by Crippen LogP contribution is -2.24. The van der Waals surface area contributed by atoms with E-state index in [9.17, 15) is 14.7 Å². The lowest BCUT2D eigenvalue weighted by molar-refractivity contribution is -0.138. The van der Waals surface area contributed by atoms with Gasteiger partial charge in [-0.15, -0.1) is 11.3 Å². The van der Waals surface area contributed by atoms with Crippen LogP contribution in [0.3, 0.4) is 0 Å². The summed E-state index contributed by atoms with van der Waals surface area (Å²) in [5.74, 6) is -1.18. The Morgan fingerprint density at radius 1 is 1.50 bits per heavy atom. The van der Waals surface area contributed by atoms with Crippen molar-refractivity contribution in [3.63, 3.8) is 0 Å². The standard InChI is InChI=1S/C14H17N3O4S/c1-8-4-17-12(19)3-10(15-14(17)22-8)6-16-5-9(2-13(20)21)11(18)7-16/h3-4,9,11,18H,2,5-7H2,1H3,(H,20,21)/t9-,11-/m1/s1. The van der Waals surface area contributed by atoms with Crippen LogP contribution in [0.25, 0.3) is 4.96 Å². The van der Waals surface area contributed by atoms with Gasteiger partial charge in [0.2, 0.25) is 0 Å². The maximum atomic E-state index is 12.0. The van der Waals surface area contributed by atoms with Crippen LogP contribution >= 0.6 is 11.3 Å². The van der Waals surface area contributed by atoms with Crippen LogP contribution in [0.5, 0.6) is 0 Å². The molecule has 1 aliphatic heterocycles. The summed E-state index contributed by atoms with van der Waals surface area (Å²) in [5, 5.41) is 18.8. The predicted molar refractivity (Wildman–Crippen MR) is 81.1 cm³/mol. The van der Waals surface area contributed by atoms with Crippen molar-refractivity contribution in [1.82, 2.24) is 14.3 Å². The van der Waals surface area contributed by atoms with Crippen LogP contribution in [0.4, 0.5) is 0 Å². The Morgan fingerprint density at radius 3 is 3.00 bits per heavy atom. The largest absolute Gasteiger partial charge is 0.481 e. The molecular formula is C14H17N3O4S. The zero-order chi connectivity index (χ0) is 15.9. The zero-order valence-electron chi connectivity index (χ0n) is 12.1. The number of rotatable bonds is 4. The molecule has 0 aliphatic carbocycles. The molecule has 8 heteroatoms. The SMILES string of the molecule is Cc1cn2c(=O)cc(CN3C[C@@H](CC(=O)O)[C@H](O)C3)nc2s1.